The molecule has 3 aromatic rings. The zero-order chi connectivity index (χ0) is 23.3. The number of anilines is 1. The van der Waals surface area contributed by atoms with Crippen LogP contribution in [0.2, 0.25) is 10.0 Å². The molecule has 1 atom stereocenters. The molecule has 0 saturated carbocycles. The van der Waals surface area contributed by atoms with Crippen LogP contribution >= 0.6 is 23.2 Å². The van der Waals surface area contributed by atoms with Gasteiger partial charge in [0.15, 0.2) is 11.5 Å². The molecule has 0 aliphatic carbocycles. The largest absolute Gasteiger partial charge is 0.493 e. The molecule has 0 aliphatic rings. The number of hydrogen-bond acceptors (Lipinski definition) is 7. The van der Waals surface area contributed by atoms with E-state index in [0.717, 1.165) is 30.4 Å². The first-order valence-corrected chi connectivity index (χ1v) is 11.2. The molecular weight excluding hydrogens is 451 g/mol. The van der Waals surface area contributed by atoms with Gasteiger partial charge in [-0.3, -0.25) is 0 Å². The molecule has 174 valence electrons. The number of benzene rings is 2. The van der Waals surface area contributed by atoms with Gasteiger partial charge in [0, 0.05) is 36.5 Å². The number of nitrogens with zero attached hydrogens (tertiary/aromatic N) is 2. The summed E-state index contributed by atoms with van der Waals surface area (Å²) in [4.78, 5) is 8.27. The molecule has 0 radical (unpaired) electrons. The highest BCUT2D eigenvalue weighted by atomic mass is 35.5. The summed E-state index contributed by atoms with van der Waals surface area (Å²) in [6.45, 7) is 6.97. The number of nitrogen functional groups attached to an aromatic ring is 1. The van der Waals surface area contributed by atoms with Gasteiger partial charge in [0.25, 0.3) is 0 Å². The highest BCUT2D eigenvalue weighted by Gasteiger charge is 2.13. The highest BCUT2D eigenvalue weighted by Crippen LogP contribution is 2.31. The van der Waals surface area contributed by atoms with E-state index in [2.05, 4.69) is 22.2 Å². The average Bonchev–Trinajstić information content (AvgIpc) is 2.80. The minimum atomic E-state index is -0.00245. The third-order valence-electron chi connectivity index (χ3n) is 4.36. The van der Waals surface area contributed by atoms with E-state index < -0.39 is 0 Å². The van der Waals surface area contributed by atoms with Crippen LogP contribution in [0.4, 0.5) is 5.69 Å². The van der Waals surface area contributed by atoms with Crippen LogP contribution in [0.1, 0.15) is 20.3 Å². The molecule has 1 heterocycles. The Balaban J connectivity index is 0.000000336. The van der Waals surface area contributed by atoms with Gasteiger partial charge in [-0.25, -0.2) is 9.97 Å². The van der Waals surface area contributed by atoms with Crippen molar-refractivity contribution in [3.63, 3.8) is 0 Å². The Morgan fingerprint density at radius 2 is 1.91 bits per heavy atom. The third kappa shape index (κ3) is 8.31. The van der Waals surface area contributed by atoms with E-state index in [1.54, 1.807) is 31.5 Å². The molecule has 0 aliphatic heterocycles. The molecule has 3 rings (SSSR count). The Bertz CT molecular complexity index is 975. The lowest BCUT2D eigenvalue weighted by Gasteiger charge is -2.19. The van der Waals surface area contributed by atoms with Crippen molar-refractivity contribution in [2.45, 2.75) is 26.4 Å². The first-order valence-electron chi connectivity index (χ1n) is 10.4. The van der Waals surface area contributed by atoms with Crippen LogP contribution in [0.25, 0.3) is 10.9 Å². The third-order valence-corrected chi connectivity index (χ3v) is 5.10. The Morgan fingerprint density at radius 1 is 1.09 bits per heavy atom. The predicted octanol–water partition coefficient (Wildman–Crippen LogP) is 5.00. The van der Waals surface area contributed by atoms with E-state index in [1.807, 2.05) is 19.1 Å². The Labute approximate surface area is 199 Å². The lowest BCUT2D eigenvalue weighted by molar-refractivity contribution is 0.0277. The predicted molar refractivity (Wildman–Crippen MR) is 131 cm³/mol. The number of methoxy groups -OCH3 is 1. The number of fused-ring (bicyclic) bond motifs is 1. The van der Waals surface area contributed by atoms with Gasteiger partial charge in [-0.2, -0.15) is 0 Å². The first-order chi connectivity index (χ1) is 15.5. The van der Waals surface area contributed by atoms with Gasteiger partial charge in [0.1, 0.15) is 19.0 Å². The molecule has 0 saturated heterocycles. The number of ether oxygens (including phenoxy) is 3. The van der Waals surface area contributed by atoms with Crippen LogP contribution in [0, 0.1) is 0 Å². The van der Waals surface area contributed by atoms with Crippen molar-refractivity contribution in [2.75, 3.05) is 39.1 Å². The second-order valence-electron chi connectivity index (χ2n) is 6.85. The van der Waals surface area contributed by atoms with E-state index >= 15 is 0 Å². The van der Waals surface area contributed by atoms with Crippen LogP contribution in [-0.4, -0.2) is 49.5 Å². The summed E-state index contributed by atoms with van der Waals surface area (Å²) < 4.78 is 17.1. The Kier molecular flexibility index (Phi) is 11.3. The highest BCUT2D eigenvalue weighted by molar-refractivity contribution is 6.42. The number of nitrogens with two attached hydrogens (primary N) is 1. The molecule has 0 bridgehead atoms. The smallest absolute Gasteiger partial charge is 0.163 e. The van der Waals surface area contributed by atoms with Crippen molar-refractivity contribution in [1.29, 1.82) is 0 Å². The van der Waals surface area contributed by atoms with Gasteiger partial charge >= 0.3 is 0 Å². The minimum Gasteiger partial charge on any atom is -0.493 e. The minimum absolute atomic E-state index is 0.00245. The van der Waals surface area contributed by atoms with E-state index in [-0.39, 0.29) is 6.10 Å². The van der Waals surface area contributed by atoms with Crippen molar-refractivity contribution in [3.05, 3.63) is 52.9 Å². The van der Waals surface area contributed by atoms with Crippen LogP contribution in [-0.2, 0) is 4.74 Å². The SMILES string of the molecule is CCCNCC(COc1cc2ncncc2cc1OC)OCC.Nc1ccc(Cl)c(Cl)c1. The molecule has 1 aromatic heterocycles. The second kappa shape index (κ2) is 14.0. The fraction of sp³-hybridized carbons (Fsp3) is 0.391. The molecule has 0 amide bonds. The molecule has 3 N–H and O–H groups in total. The maximum absolute atomic E-state index is 5.93. The lowest BCUT2D eigenvalue weighted by atomic mass is 10.2. The fourth-order valence-electron chi connectivity index (χ4n) is 2.80. The lowest BCUT2D eigenvalue weighted by Crippen LogP contribution is -2.34. The maximum Gasteiger partial charge on any atom is 0.163 e. The van der Waals surface area contributed by atoms with Crippen molar-refractivity contribution in [3.8, 4) is 11.5 Å². The zero-order valence-corrected chi connectivity index (χ0v) is 20.1. The van der Waals surface area contributed by atoms with Gasteiger partial charge < -0.3 is 25.3 Å². The summed E-state index contributed by atoms with van der Waals surface area (Å²) >= 11 is 11.2. The molecular formula is C23H30Cl2N4O3. The quantitative estimate of drug-likeness (QED) is 0.311. The van der Waals surface area contributed by atoms with Crippen LogP contribution in [0.3, 0.4) is 0 Å². The van der Waals surface area contributed by atoms with E-state index in [9.17, 15) is 0 Å². The monoisotopic (exact) mass is 480 g/mol. The van der Waals surface area contributed by atoms with Gasteiger partial charge in [-0.1, -0.05) is 30.1 Å². The van der Waals surface area contributed by atoms with Gasteiger partial charge in [0.2, 0.25) is 0 Å². The summed E-state index contributed by atoms with van der Waals surface area (Å²) in [6, 6.07) is 8.74. The second-order valence-corrected chi connectivity index (χ2v) is 7.67. The zero-order valence-electron chi connectivity index (χ0n) is 18.6. The standard InChI is InChI=1S/C17H25N3O3.C6H5Cl2N/c1-4-6-18-10-14(22-5-2)11-23-17-8-15-13(7-16(17)21-3)9-19-12-20-15;7-5-2-1-4(9)3-6(5)8/h7-9,12,14,18H,4-6,10-11H2,1-3H3;1-3H,9H2. The first kappa shape index (κ1) is 25.9. The van der Waals surface area contributed by atoms with Crippen molar-refractivity contribution in [1.82, 2.24) is 15.3 Å². The molecule has 0 spiro atoms. The van der Waals surface area contributed by atoms with Gasteiger partial charge in [-0.15, -0.1) is 0 Å². The average molecular weight is 481 g/mol. The molecule has 1 unspecified atom stereocenters. The van der Waals surface area contributed by atoms with Crippen LogP contribution < -0.4 is 20.5 Å². The van der Waals surface area contributed by atoms with Gasteiger partial charge in [0.05, 0.1) is 22.7 Å². The number of halogens is 2. The summed E-state index contributed by atoms with van der Waals surface area (Å²) in [5.41, 5.74) is 6.84. The van der Waals surface area contributed by atoms with Gasteiger partial charge in [-0.05, 0) is 44.2 Å². The summed E-state index contributed by atoms with van der Waals surface area (Å²) in [6.07, 6.45) is 4.37. The van der Waals surface area contributed by atoms with Crippen molar-refractivity contribution in [2.24, 2.45) is 0 Å². The fourth-order valence-corrected chi connectivity index (χ4v) is 3.10. The van der Waals surface area contributed by atoms with Crippen molar-refractivity contribution >= 4 is 39.8 Å². The number of nitrogens with one attached hydrogen (secondary N) is 1. The number of rotatable bonds is 10. The van der Waals surface area contributed by atoms with Crippen LogP contribution in [0.5, 0.6) is 11.5 Å². The maximum atomic E-state index is 5.93. The number of hydrogen-bond donors (Lipinski definition) is 2. The summed E-state index contributed by atoms with van der Waals surface area (Å²) in [5.74, 6) is 1.34. The normalized spacial score (nSPS) is 11.5. The molecule has 7 nitrogen and oxygen atoms in total. The molecule has 0 fully saturated rings. The summed E-state index contributed by atoms with van der Waals surface area (Å²) in [7, 11) is 1.63. The Hall–Kier alpha value is -2.32. The van der Waals surface area contributed by atoms with E-state index in [4.69, 9.17) is 43.1 Å². The molecule has 2 aromatic carbocycles. The van der Waals surface area contributed by atoms with E-state index in [0.29, 0.717) is 40.4 Å². The Morgan fingerprint density at radius 3 is 2.56 bits per heavy atom. The summed E-state index contributed by atoms with van der Waals surface area (Å²) in [5, 5.41) is 5.31. The topological polar surface area (TPSA) is 91.5 Å². The van der Waals surface area contributed by atoms with Crippen molar-refractivity contribution < 1.29 is 14.2 Å². The molecule has 9 heteroatoms. The van der Waals surface area contributed by atoms with E-state index in [1.165, 1.54) is 6.33 Å². The number of aromatic nitrogens is 2. The molecule has 32 heavy (non-hydrogen) atoms. The van der Waals surface area contributed by atoms with Crippen LogP contribution in [0.15, 0.2) is 42.9 Å².